The summed E-state index contributed by atoms with van der Waals surface area (Å²) in [7, 11) is 0. The SMILES string of the molecule is c1ccc(-c2nc(-c3ccccc3)nc(-c3ccc(N(c4cccc5c4sc4ccccc45)c4cccc5c4sc4ccccc45)cc3)n2)cc1. The molecule has 7 aromatic carbocycles. The van der Waals surface area contributed by atoms with Gasteiger partial charge in [-0.2, -0.15) is 0 Å². The van der Waals surface area contributed by atoms with Gasteiger partial charge in [0.05, 0.1) is 20.8 Å². The highest BCUT2D eigenvalue weighted by molar-refractivity contribution is 7.27. The maximum Gasteiger partial charge on any atom is 0.164 e. The van der Waals surface area contributed by atoms with Gasteiger partial charge in [0.2, 0.25) is 0 Å². The summed E-state index contributed by atoms with van der Waals surface area (Å²) in [5.74, 6) is 1.94. The molecule has 3 heterocycles. The Hall–Kier alpha value is -6.21. The molecule has 51 heavy (non-hydrogen) atoms. The summed E-state index contributed by atoms with van der Waals surface area (Å²) >= 11 is 3.70. The Bertz CT molecular complexity index is 2690. The molecule has 0 aliphatic rings. The second-order valence-electron chi connectivity index (χ2n) is 12.4. The van der Waals surface area contributed by atoms with Crippen LogP contribution in [0.4, 0.5) is 17.1 Å². The zero-order valence-corrected chi connectivity index (χ0v) is 28.9. The zero-order chi connectivity index (χ0) is 33.7. The molecule has 0 N–H and O–H groups in total. The van der Waals surface area contributed by atoms with E-state index in [-0.39, 0.29) is 0 Å². The first kappa shape index (κ1) is 29.7. The average Bonchev–Trinajstić information content (AvgIpc) is 3.78. The van der Waals surface area contributed by atoms with Crippen molar-refractivity contribution in [3.05, 3.63) is 170 Å². The Balaban J connectivity index is 1.16. The van der Waals surface area contributed by atoms with Gasteiger partial charge in [-0.1, -0.05) is 121 Å². The smallest absolute Gasteiger partial charge is 0.164 e. The predicted molar refractivity (Wildman–Crippen MR) is 217 cm³/mol. The molecule has 0 bridgehead atoms. The maximum absolute atomic E-state index is 4.99. The normalized spacial score (nSPS) is 11.5. The first-order chi connectivity index (χ1) is 25.3. The molecule has 6 heteroatoms. The summed E-state index contributed by atoms with van der Waals surface area (Å²) in [4.78, 5) is 17.3. The molecule has 0 aliphatic carbocycles. The van der Waals surface area contributed by atoms with Crippen molar-refractivity contribution >= 4 is 80.1 Å². The van der Waals surface area contributed by atoms with E-state index in [9.17, 15) is 0 Å². The van der Waals surface area contributed by atoms with Crippen LogP contribution < -0.4 is 4.90 Å². The number of benzene rings is 7. The number of aromatic nitrogens is 3. The highest BCUT2D eigenvalue weighted by Crippen LogP contribution is 2.48. The molecule has 0 fully saturated rings. The van der Waals surface area contributed by atoms with Gasteiger partial charge in [-0.3, -0.25) is 0 Å². The van der Waals surface area contributed by atoms with E-state index in [1.54, 1.807) is 0 Å². The largest absolute Gasteiger partial charge is 0.308 e. The van der Waals surface area contributed by atoms with Gasteiger partial charge in [0.1, 0.15) is 0 Å². The Morgan fingerprint density at radius 1 is 0.333 bits per heavy atom. The highest BCUT2D eigenvalue weighted by atomic mass is 32.1. The van der Waals surface area contributed by atoms with Crippen molar-refractivity contribution in [1.82, 2.24) is 15.0 Å². The van der Waals surface area contributed by atoms with Crippen molar-refractivity contribution in [3.8, 4) is 34.2 Å². The molecule has 4 nitrogen and oxygen atoms in total. The Labute approximate surface area is 302 Å². The van der Waals surface area contributed by atoms with E-state index in [4.69, 9.17) is 15.0 Å². The monoisotopic (exact) mass is 688 g/mol. The molecule has 0 atom stereocenters. The molecule has 10 aromatic rings. The van der Waals surface area contributed by atoms with Crippen LogP contribution in [0.3, 0.4) is 0 Å². The van der Waals surface area contributed by atoms with E-state index in [2.05, 4.69) is 114 Å². The van der Waals surface area contributed by atoms with Gasteiger partial charge in [-0.25, -0.2) is 15.0 Å². The lowest BCUT2D eigenvalue weighted by Gasteiger charge is -2.27. The van der Waals surface area contributed by atoms with Crippen LogP contribution in [0.25, 0.3) is 74.5 Å². The number of hydrogen-bond donors (Lipinski definition) is 0. The lowest BCUT2D eigenvalue weighted by atomic mass is 10.1. The lowest BCUT2D eigenvalue weighted by molar-refractivity contribution is 1.07. The van der Waals surface area contributed by atoms with Crippen molar-refractivity contribution in [2.75, 3.05) is 4.90 Å². The summed E-state index contributed by atoms with van der Waals surface area (Å²) in [6.07, 6.45) is 0. The number of rotatable bonds is 6. The summed E-state index contributed by atoms with van der Waals surface area (Å²) in [5.41, 5.74) is 6.21. The number of fused-ring (bicyclic) bond motifs is 6. The van der Waals surface area contributed by atoms with Gasteiger partial charge in [-0.15, -0.1) is 22.7 Å². The van der Waals surface area contributed by atoms with E-state index in [0.29, 0.717) is 17.5 Å². The van der Waals surface area contributed by atoms with Gasteiger partial charge >= 0.3 is 0 Å². The van der Waals surface area contributed by atoms with Crippen LogP contribution in [0.5, 0.6) is 0 Å². The van der Waals surface area contributed by atoms with Crippen LogP contribution in [-0.2, 0) is 0 Å². The molecular weight excluding hydrogens is 661 g/mol. The van der Waals surface area contributed by atoms with Gasteiger partial charge < -0.3 is 4.90 Å². The van der Waals surface area contributed by atoms with E-state index >= 15 is 0 Å². The van der Waals surface area contributed by atoms with Crippen molar-refractivity contribution in [2.24, 2.45) is 0 Å². The van der Waals surface area contributed by atoms with Crippen LogP contribution in [-0.4, -0.2) is 15.0 Å². The molecule has 3 aromatic heterocycles. The van der Waals surface area contributed by atoms with Crippen molar-refractivity contribution in [2.45, 2.75) is 0 Å². The van der Waals surface area contributed by atoms with E-state index in [0.717, 1.165) is 33.8 Å². The molecule has 0 aliphatic heterocycles. The lowest BCUT2D eigenvalue weighted by Crippen LogP contribution is -2.10. The van der Waals surface area contributed by atoms with Crippen LogP contribution in [0.15, 0.2) is 170 Å². The fourth-order valence-electron chi connectivity index (χ4n) is 6.92. The second kappa shape index (κ2) is 12.3. The van der Waals surface area contributed by atoms with Crippen molar-refractivity contribution < 1.29 is 0 Å². The van der Waals surface area contributed by atoms with E-state index in [1.807, 2.05) is 83.3 Å². The van der Waals surface area contributed by atoms with Crippen molar-refractivity contribution in [3.63, 3.8) is 0 Å². The number of hydrogen-bond acceptors (Lipinski definition) is 6. The van der Waals surface area contributed by atoms with E-state index in [1.165, 1.54) is 40.3 Å². The van der Waals surface area contributed by atoms with Crippen molar-refractivity contribution in [1.29, 1.82) is 0 Å². The summed E-state index contributed by atoms with van der Waals surface area (Å²) < 4.78 is 5.10. The fraction of sp³-hybridized carbons (Fsp3) is 0. The third-order valence-corrected chi connectivity index (χ3v) is 11.8. The Kier molecular flexibility index (Phi) is 7.15. The molecule has 0 unspecified atom stereocenters. The first-order valence-corrected chi connectivity index (χ1v) is 18.5. The number of anilines is 3. The number of nitrogens with zero attached hydrogens (tertiary/aromatic N) is 4. The predicted octanol–water partition coefficient (Wildman–Crippen LogP) is 13.1. The van der Waals surface area contributed by atoms with Gasteiger partial charge in [0.25, 0.3) is 0 Å². The molecule has 0 spiro atoms. The quantitative estimate of drug-likeness (QED) is 0.174. The van der Waals surface area contributed by atoms with Crippen LogP contribution in [0.1, 0.15) is 0 Å². The minimum absolute atomic E-state index is 0.638. The van der Waals surface area contributed by atoms with Crippen LogP contribution >= 0.6 is 22.7 Å². The van der Waals surface area contributed by atoms with Gasteiger partial charge in [-0.05, 0) is 48.5 Å². The average molecular weight is 689 g/mol. The standard InChI is InChI=1S/C45H28N4S2/c1-3-13-29(14-4-1)43-46-44(30-15-5-2-6-16-30)48-45(47-43)31-25-27-32(28-26-31)49(37-21-11-19-35-33-17-7-9-23-39(33)50-41(35)37)38-22-12-20-36-34-18-8-10-24-40(34)51-42(36)38/h1-28H. The molecule has 0 amide bonds. The van der Waals surface area contributed by atoms with Gasteiger partial charge in [0.15, 0.2) is 17.5 Å². The third-order valence-electron chi connectivity index (χ3n) is 9.33. The topological polar surface area (TPSA) is 41.9 Å². The molecule has 0 saturated carbocycles. The van der Waals surface area contributed by atoms with E-state index < -0.39 is 0 Å². The molecule has 0 radical (unpaired) electrons. The highest BCUT2D eigenvalue weighted by Gasteiger charge is 2.22. The molecule has 0 saturated heterocycles. The number of thiophene rings is 2. The second-order valence-corrected chi connectivity index (χ2v) is 14.5. The molecule has 240 valence electrons. The fourth-order valence-corrected chi connectivity index (χ4v) is 9.33. The van der Waals surface area contributed by atoms with Gasteiger partial charge in [0, 0.05) is 53.3 Å². The maximum atomic E-state index is 4.99. The summed E-state index contributed by atoms with van der Waals surface area (Å²) in [6, 6.07) is 59.7. The minimum atomic E-state index is 0.638. The summed E-state index contributed by atoms with van der Waals surface area (Å²) in [5, 5.41) is 5.11. The molecule has 10 rings (SSSR count). The minimum Gasteiger partial charge on any atom is -0.308 e. The third kappa shape index (κ3) is 5.16. The van der Waals surface area contributed by atoms with Crippen LogP contribution in [0, 0.1) is 0 Å². The molecular formula is C45H28N4S2. The zero-order valence-electron chi connectivity index (χ0n) is 27.3. The summed E-state index contributed by atoms with van der Waals surface area (Å²) in [6.45, 7) is 0. The Morgan fingerprint density at radius 2 is 0.725 bits per heavy atom. The first-order valence-electron chi connectivity index (χ1n) is 16.9. The van der Waals surface area contributed by atoms with Crippen LogP contribution in [0.2, 0.25) is 0 Å². The Morgan fingerprint density at radius 3 is 1.20 bits per heavy atom.